The highest BCUT2D eigenvalue weighted by Gasteiger charge is 2.35. The SMILES string of the molecule is CCC(C1CC1)N(CC1CCNCC1)C(C)C. The maximum atomic E-state index is 3.48. The highest BCUT2D eigenvalue weighted by Crippen LogP contribution is 2.38. The summed E-state index contributed by atoms with van der Waals surface area (Å²) in [6.07, 6.45) is 7.06. The highest BCUT2D eigenvalue weighted by atomic mass is 15.2. The summed E-state index contributed by atoms with van der Waals surface area (Å²) in [5, 5.41) is 3.48. The van der Waals surface area contributed by atoms with E-state index in [1.807, 2.05) is 0 Å². The Bertz CT molecular complexity index is 217. The van der Waals surface area contributed by atoms with Crippen LogP contribution in [-0.4, -0.2) is 36.6 Å². The van der Waals surface area contributed by atoms with Crippen LogP contribution >= 0.6 is 0 Å². The first kappa shape index (κ1) is 13.4. The number of piperidine rings is 1. The lowest BCUT2D eigenvalue weighted by atomic mass is 9.95. The molecule has 0 radical (unpaired) electrons. The highest BCUT2D eigenvalue weighted by molar-refractivity contribution is 4.89. The lowest BCUT2D eigenvalue weighted by Gasteiger charge is -2.38. The quantitative estimate of drug-likeness (QED) is 0.765. The van der Waals surface area contributed by atoms with Gasteiger partial charge in [-0.2, -0.15) is 0 Å². The van der Waals surface area contributed by atoms with E-state index in [-0.39, 0.29) is 0 Å². The molecule has 0 aromatic heterocycles. The van der Waals surface area contributed by atoms with Crippen molar-refractivity contribution in [2.24, 2.45) is 11.8 Å². The van der Waals surface area contributed by atoms with Gasteiger partial charge in [0.05, 0.1) is 0 Å². The summed E-state index contributed by atoms with van der Waals surface area (Å²) in [6.45, 7) is 10.9. The molecule has 1 N–H and O–H groups in total. The summed E-state index contributed by atoms with van der Waals surface area (Å²) in [4.78, 5) is 2.81. The van der Waals surface area contributed by atoms with Gasteiger partial charge < -0.3 is 5.32 Å². The zero-order valence-electron chi connectivity index (χ0n) is 11.9. The minimum Gasteiger partial charge on any atom is -0.317 e. The van der Waals surface area contributed by atoms with Crippen LogP contribution in [0, 0.1) is 11.8 Å². The smallest absolute Gasteiger partial charge is 0.0124 e. The second kappa shape index (κ2) is 6.19. The zero-order chi connectivity index (χ0) is 12.3. The van der Waals surface area contributed by atoms with Crippen molar-refractivity contribution >= 4 is 0 Å². The number of nitrogens with zero attached hydrogens (tertiary/aromatic N) is 1. The molecule has 0 bridgehead atoms. The van der Waals surface area contributed by atoms with Gasteiger partial charge in [-0.15, -0.1) is 0 Å². The van der Waals surface area contributed by atoms with Crippen molar-refractivity contribution in [1.29, 1.82) is 0 Å². The topological polar surface area (TPSA) is 15.3 Å². The second-order valence-electron chi connectivity index (χ2n) is 6.30. The summed E-state index contributed by atoms with van der Waals surface area (Å²) >= 11 is 0. The summed E-state index contributed by atoms with van der Waals surface area (Å²) < 4.78 is 0. The zero-order valence-corrected chi connectivity index (χ0v) is 11.9. The van der Waals surface area contributed by atoms with Gasteiger partial charge in [-0.1, -0.05) is 6.92 Å². The van der Waals surface area contributed by atoms with Crippen LogP contribution in [-0.2, 0) is 0 Å². The van der Waals surface area contributed by atoms with E-state index in [9.17, 15) is 0 Å². The number of nitrogens with one attached hydrogen (secondary N) is 1. The molecular formula is C15H30N2. The molecule has 2 nitrogen and oxygen atoms in total. The Balaban J connectivity index is 1.90. The van der Waals surface area contributed by atoms with Crippen molar-refractivity contribution in [2.75, 3.05) is 19.6 Å². The van der Waals surface area contributed by atoms with Gasteiger partial charge in [0.1, 0.15) is 0 Å². The first-order valence-electron chi connectivity index (χ1n) is 7.68. The van der Waals surface area contributed by atoms with Crippen LogP contribution in [0.2, 0.25) is 0 Å². The van der Waals surface area contributed by atoms with E-state index in [4.69, 9.17) is 0 Å². The van der Waals surface area contributed by atoms with Gasteiger partial charge in [-0.25, -0.2) is 0 Å². The van der Waals surface area contributed by atoms with Crippen molar-refractivity contribution in [3.8, 4) is 0 Å². The molecule has 2 rings (SSSR count). The molecule has 2 aliphatic rings. The first-order valence-corrected chi connectivity index (χ1v) is 7.68. The van der Waals surface area contributed by atoms with E-state index >= 15 is 0 Å². The number of hydrogen-bond donors (Lipinski definition) is 1. The monoisotopic (exact) mass is 238 g/mol. The van der Waals surface area contributed by atoms with Gasteiger partial charge in [-0.3, -0.25) is 4.90 Å². The van der Waals surface area contributed by atoms with Crippen molar-refractivity contribution in [3.63, 3.8) is 0 Å². The van der Waals surface area contributed by atoms with Crippen LogP contribution in [0.5, 0.6) is 0 Å². The molecule has 1 aliphatic carbocycles. The minimum absolute atomic E-state index is 0.718. The van der Waals surface area contributed by atoms with E-state index < -0.39 is 0 Å². The van der Waals surface area contributed by atoms with E-state index in [0.29, 0.717) is 0 Å². The number of hydrogen-bond acceptors (Lipinski definition) is 2. The molecule has 0 aromatic rings. The molecule has 2 fully saturated rings. The average molecular weight is 238 g/mol. The molecule has 1 heterocycles. The van der Waals surface area contributed by atoms with Crippen molar-refractivity contribution in [2.45, 2.75) is 65.0 Å². The fourth-order valence-corrected chi connectivity index (χ4v) is 3.41. The lowest BCUT2D eigenvalue weighted by molar-refractivity contribution is 0.0998. The maximum absolute atomic E-state index is 3.48. The average Bonchev–Trinajstić information content (AvgIpc) is 3.14. The van der Waals surface area contributed by atoms with Crippen LogP contribution in [0.3, 0.4) is 0 Å². The second-order valence-corrected chi connectivity index (χ2v) is 6.30. The molecule has 1 aliphatic heterocycles. The Morgan fingerprint density at radius 3 is 2.24 bits per heavy atom. The molecule has 2 heteroatoms. The molecule has 1 unspecified atom stereocenters. The third kappa shape index (κ3) is 3.69. The fraction of sp³-hybridized carbons (Fsp3) is 1.00. The summed E-state index contributed by atoms with van der Waals surface area (Å²) in [6, 6.07) is 1.58. The Hall–Kier alpha value is -0.0800. The first-order chi connectivity index (χ1) is 8.22. The van der Waals surface area contributed by atoms with Gasteiger partial charge in [-0.05, 0) is 70.9 Å². The Morgan fingerprint density at radius 2 is 1.76 bits per heavy atom. The van der Waals surface area contributed by atoms with Crippen molar-refractivity contribution in [1.82, 2.24) is 10.2 Å². The molecule has 1 atom stereocenters. The Kier molecular flexibility index (Phi) is 4.87. The molecular weight excluding hydrogens is 208 g/mol. The molecule has 0 aromatic carbocycles. The third-order valence-electron chi connectivity index (χ3n) is 4.60. The largest absolute Gasteiger partial charge is 0.317 e. The molecule has 1 saturated carbocycles. The summed E-state index contributed by atoms with van der Waals surface area (Å²) in [7, 11) is 0. The van der Waals surface area contributed by atoms with Crippen LogP contribution in [0.4, 0.5) is 0 Å². The van der Waals surface area contributed by atoms with Crippen molar-refractivity contribution in [3.05, 3.63) is 0 Å². The molecule has 17 heavy (non-hydrogen) atoms. The maximum Gasteiger partial charge on any atom is 0.0124 e. The van der Waals surface area contributed by atoms with Crippen LogP contribution < -0.4 is 5.32 Å². The number of rotatable bonds is 6. The van der Waals surface area contributed by atoms with Crippen molar-refractivity contribution < 1.29 is 0 Å². The van der Waals surface area contributed by atoms with Gasteiger partial charge in [0.15, 0.2) is 0 Å². The molecule has 1 saturated heterocycles. The standard InChI is InChI=1S/C15H30N2/c1-4-15(14-5-6-14)17(12(2)3)11-13-7-9-16-10-8-13/h12-16H,4-11H2,1-3H3. The van der Waals surface area contributed by atoms with E-state index in [2.05, 4.69) is 31.0 Å². The molecule has 100 valence electrons. The minimum atomic E-state index is 0.718. The van der Waals surface area contributed by atoms with Gasteiger partial charge in [0.25, 0.3) is 0 Å². The van der Waals surface area contributed by atoms with Crippen LogP contribution in [0.15, 0.2) is 0 Å². The Morgan fingerprint density at radius 1 is 1.12 bits per heavy atom. The van der Waals surface area contributed by atoms with Gasteiger partial charge >= 0.3 is 0 Å². The van der Waals surface area contributed by atoms with E-state index in [1.54, 1.807) is 0 Å². The predicted molar refractivity (Wildman–Crippen MR) is 74.2 cm³/mol. The van der Waals surface area contributed by atoms with Gasteiger partial charge in [0.2, 0.25) is 0 Å². The molecule has 0 spiro atoms. The Labute approximate surface area is 107 Å². The van der Waals surface area contributed by atoms with Crippen LogP contribution in [0.1, 0.15) is 52.9 Å². The van der Waals surface area contributed by atoms with Gasteiger partial charge in [0, 0.05) is 18.6 Å². The fourth-order valence-electron chi connectivity index (χ4n) is 3.41. The van der Waals surface area contributed by atoms with E-state index in [1.165, 1.54) is 51.7 Å². The normalized spacial score (nSPS) is 24.5. The predicted octanol–water partition coefficient (Wildman–Crippen LogP) is 2.89. The third-order valence-corrected chi connectivity index (χ3v) is 4.60. The van der Waals surface area contributed by atoms with Crippen LogP contribution in [0.25, 0.3) is 0 Å². The lowest BCUT2D eigenvalue weighted by Crippen LogP contribution is -2.46. The molecule has 0 amide bonds. The summed E-state index contributed by atoms with van der Waals surface area (Å²) in [5.41, 5.74) is 0. The van der Waals surface area contributed by atoms with E-state index in [0.717, 1.165) is 23.9 Å². The summed E-state index contributed by atoms with van der Waals surface area (Å²) in [5.74, 6) is 1.95.